The molecular formula is C11H14ClNO2S. The van der Waals surface area contributed by atoms with Crippen molar-refractivity contribution in [3.05, 3.63) is 23.9 Å². The van der Waals surface area contributed by atoms with Crippen LogP contribution in [0.1, 0.15) is 23.7 Å². The van der Waals surface area contributed by atoms with Gasteiger partial charge < -0.3 is 4.74 Å². The van der Waals surface area contributed by atoms with Gasteiger partial charge in [0.2, 0.25) is 0 Å². The zero-order chi connectivity index (χ0) is 11.8. The zero-order valence-corrected chi connectivity index (χ0v) is 10.7. The number of rotatable bonds is 6. The summed E-state index contributed by atoms with van der Waals surface area (Å²) in [5.74, 6) is 1.16. The number of alkyl halides is 1. The van der Waals surface area contributed by atoms with Crippen LogP contribution in [0.3, 0.4) is 0 Å². The van der Waals surface area contributed by atoms with Crippen LogP contribution in [0.2, 0.25) is 0 Å². The van der Waals surface area contributed by atoms with Crippen molar-refractivity contribution in [3.63, 3.8) is 0 Å². The second-order valence-electron chi connectivity index (χ2n) is 2.97. The summed E-state index contributed by atoms with van der Waals surface area (Å²) in [6, 6.07) is 3.46. The molecule has 0 fully saturated rings. The summed E-state index contributed by atoms with van der Waals surface area (Å²) >= 11 is 7.12. The highest BCUT2D eigenvalue weighted by molar-refractivity contribution is 7.99. The summed E-state index contributed by atoms with van der Waals surface area (Å²) in [7, 11) is 0. The normalized spacial score (nSPS) is 10.1. The lowest BCUT2D eigenvalue weighted by molar-refractivity contribution is 0.0521. The standard InChI is InChI=1S/C11H14ClNO2S/c1-2-15-11(14)9-5-3-7-13-10(9)16-8-4-6-12/h3,5,7H,2,4,6,8H2,1H3. The Kier molecular flexibility index (Phi) is 6.26. The van der Waals surface area contributed by atoms with Crippen LogP contribution in [-0.4, -0.2) is 29.2 Å². The summed E-state index contributed by atoms with van der Waals surface area (Å²) < 4.78 is 4.96. The number of hydrogen-bond acceptors (Lipinski definition) is 4. The third kappa shape index (κ3) is 4.02. The molecule has 1 heterocycles. The molecule has 0 saturated heterocycles. The number of carbonyl (C=O) groups excluding carboxylic acids is 1. The Hall–Kier alpha value is -0.740. The number of nitrogens with zero attached hydrogens (tertiary/aromatic N) is 1. The molecule has 88 valence electrons. The van der Waals surface area contributed by atoms with E-state index in [1.165, 1.54) is 11.8 Å². The van der Waals surface area contributed by atoms with Gasteiger partial charge in [0, 0.05) is 17.8 Å². The number of thioether (sulfide) groups is 1. The molecule has 5 heteroatoms. The van der Waals surface area contributed by atoms with Gasteiger partial charge in [0.25, 0.3) is 0 Å². The van der Waals surface area contributed by atoms with Crippen LogP contribution in [0.25, 0.3) is 0 Å². The molecule has 0 amide bonds. The summed E-state index contributed by atoms with van der Waals surface area (Å²) in [4.78, 5) is 15.8. The monoisotopic (exact) mass is 259 g/mol. The lowest BCUT2D eigenvalue weighted by Gasteiger charge is -2.06. The van der Waals surface area contributed by atoms with Gasteiger partial charge in [0.15, 0.2) is 0 Å². The number of halogens is 1. The Morgan fingerprint density at radius 2 is 2.44 bits per heavy atom. The van der Waals surface area contributed by atoms with Gasteiger partial charge in [-0.25, -0.2) is 9.78 Å². The first kappa shape index (κ1) is 13.3. The number of hydrogen-bond donors (Lipinski definition) is 0. The van der Waals surface area contributed by atoms with Crippen LogP contribution in [0.5, 0.6) is 0 Å². The third-order valence-electron chi connectivity index (χ3n) is 1.78. The average molecular weight is 260 g/mol. The molecule has 3 nitrogen and oxygen atoms in total. The van der Waals surface area contributed by atoms with Crippen LogP contribution >= 0.6 is 23.4 Å². The molecule has 0 atom stereocenters. The SMILES string of the molecule is CCOC(=O)c1cccnc1SCCCCl. The van der Waals surface area contributed by atoms with E-state index in [-0.39, 0.29) is 5.97 Å². The van der Waals surface area contributed by atoms with Crippen molar-refractivity contribution >= 4 is 29.3 Å². The fourth-order valence-electron chi connectivity index (χ4n) is 1.09. The molecular weight excluding hydrogens is 246 g/mol. The summed E-state index contributed by atoms with van der Waals surface area (Å²) in [6.07, 6.45) is 2.57. The number of esters is 1. The smallest absolute Gasteiger partial charge is 0.340 e. The minimum Gasteiger partial charge on any atom is -0.462 e. The highest BCUT2D eigenvalue weighted by Gasteiger charge is 2.12. The zero-order valence-electron chi connectivity index (χ0n) is 9.11. The summed E-state index contributed by atoms with van der Waals surface area (Å²) in [6.45, 7) is 2.16. The van der Waals surface area contributed by atoms with Crippen molar-refractivity contribution in [1.82, 2.24) is 4.98 Å². The molecule has 1 rings (SSSR count). The van der Waals surface area contributed by atoms with E-state index in [2.05, 4.69) is 4.98 Å². The molecule has 0 spiro atoms. The van der Waals surface area contributed by atoms with E-state index in [1.807, 2.05) is 0 Å². The number of aromatic nitrogens is 1. The van der Waals surface area contributed by atoms with Crippen LogP contribution in [0.4, 0.5) is 0 Å². The summed E-state index contributed by atoms with van der Waals surface area (Å²) in [5, 5.41) is 0.714. The summed E-state index contributed by atoms with van der Waals surface area (Å²) in [5.41, 5.74) is 0.531. The molecule has 1 aromatic heterocycles. The quantitative estimate of drug-likeness (QED) is 0.341. The molecule has 0 aliphatic rings. The molecule has 0 N–H and O–H groups in total. The van der Waals surface area contributed by atoms with E-state index >= 15 is 0 Å². The number of pyridine rings is 1. The first-order valence-electron chi connectivity index (χ1n) is 5.10. The highest BCUT2D eigenvalue weighted by Crippen LogP contribution is 2.21. The van der Waals surface area contributed by atoms with Gasteiger partial charge in [-0.3, -0.25) is 0 Å². The largest absolute Gasteiger partial charge is 0.462 e. The van der Waals surface area contributed by atoms with Crippen molar-refractivity contribution in [2.45, 2.75) is 18.4 Å². The number of ether oxygens (including phenoxy) is 1. The maximum absolute atomic E-state index is 11.6. The number of carbonyl (C=O) groups is 1. The minimum absolute atomic E-state index is 0.316. The maximum atomic E-state index is 11.6. The van der Waals surface area contributed by atoms with Gasteiger partial charge in [-0.15, -0.1) is 23.4 Å². The van der Waals surface area contributed by atoms with Crippen LogP contribution < -0.4 is 0 Å². The molecule has 0 aliphatic heterocycles. The van der Waals surface area contributed by atoms with Crippen LogP contribution in [0.15, 0.2) is 23.4 Å². The first-order valence-corrected chi connectivity index (χ1v) is 6.62. The van der Waals surface area contributed by atoms with Crippen molar-refractivity contribution in [3.8, 4) is 0 Å². The molecule has 0 bridgehead atoms. The second-order valence-corrected chi connectivity index (χ2v) is 4.43. The third-order valence-corrected chi connectivity index (χ3v) is 3.14. The molecule has 0 saturated carbocycles. The Labute approximate surface area is 105 Å². The van der Waals surface area contributed by atoms with Crippen molar-refractivity contribution < 1.29 is 9.53 Å². The van der Waals surface area contributed by atoms with Crippen LogP contribution in [0, 0.1) is 0 Å². The van der Waals surface area contributed by atoms with Gasteiger partial charge in [-0.2, -0.15) is 0 Å². The van der Waals surface area contributed by atoms with Crippen molar-refractivity contribution in [2.24, 2.45) is 0 Å². The van der Waals surface area contributed by atoms with E-state index < -0.39 is 0 Å². The molecule has 0 radical (unpaired) electrons. The molecule has 0 unspecified atom stereocenters. The fourth-order valence-corrected chi connectivity index (χ4v) is 2.31. The fraction of sp³-hybridized carbons (Fsp3) is 0.455. The van der Waals surface area contributed by atoms with E-state index in [1.54, 1.807) is 25.3 Å². The Morgan fingerprint density at radius 1 is 1.62 bits per heavy atom. The van der Waals surface area contributed by atoms with Gasteiger partial charge in [0.1, 0.15) is 5.03 Å². The Morgan fingerprint density at radius 3 is 3.12 bits per heavy atom. The molecule has 0 aliphatic carbocycles. The average Bonchev–Trinajstić information content (AvgIpc) is 2.30. The lowest BCUT2D eigenvalue weighted by Crippen LogP contribution is -2.07. The van der Waals surface area contributed by atoms with Crippen molar-refractivity contribution in [2.75, 3.05) is 18.2 Å². The predicted octanol–water partition coefficient (Wildman–Crippen LogP) is 2.98. The van der Waals surface area contributed by atoms with Gasteiger partial charge in [-0.1, -0.05) is 0 Å². The van der Waals surface area contributed by atoms with E-state index in [4.69, 9.17) is 16.3 Å². The molecule has 1 aromatic rings. The maximum Gasteiger partial charge on any atom is 0.340 e. The minimum atomic E-state index is -0.316. The van der Waals surface area contributed by atoms with Crippen molar-refractivity contribution in [1.29, 1.82) is 0 Å². The van der Waals surface area contributed by atoms with Gasteiger partial charge >= 0.3 is 5.97 Å². The topological polar surface area (TPSA) is 39.2 Å². The molecule has 16 heavy (non-hydrogen) atoms. The predicted molar refractivity (Wildman–Crippen MR) is 66.3 cm³/mol. The second kappa shape index (κ2) is 7.52. The van der Waals surface area contributed by atoms with Gasteiger partial charge in [0.05, 0.1) is 12.2 Å². The Balaban J connectivity index is 2.71. The lowest BCUT2D eigenvalue weighted by atomic mass is 10.3. The van der Waals surface area contributed by atoms with Gasteiger partial charge in [-0.05, 0) is 25.5 Å². The van der Waals surface area contributed by atoms with E-state index in [0.717, 1.165) is 12.2 Å². The van der Waals surface area contributed by atoms with Crippen LogP contribution in [-0.2, 0) is 4.74 Å². The van der Waals surface area contributed by atoms with E-state index in [0.29, 0.717) is 23.1 Å². The Bertz CT molecular complexity index is 347. The first-order chi connectivity index (χ1) is 7.79. The molecule has 0 aromatic carbocycles. The van der Waals surface area contributed by atoms with E-state index in [9.17, 15) is 4.79 Å². The highest BCUT2D eigenvalue weighted by atomic mass is 35.5.